The molecule has 2 aromatic carbocycles. The highest BCUT2D eigenvalue weighted by atomic mass is 16.2. The molecule has 4 rings (SSSR count). The number of amides is 1. The van der Waals surface area contributed by atoms with E-state index in [9.17, 15) is 9.59 Å². The van der Waals surface area contributed by atoms with Gasteiger partial charge in [-0.15, -0.1) is 0 Å². The van der Waals surface area contributed by atoms with Crippen LogP contribution in [0, 0.1) is 5.92 Å². The zero-order valence-corrected chi connectivity index (χ0v) is 15.1. The second-order valence-corrected chi connectivity index (χ2v) is 7.53. The van der Waals surface area contributed by atoms with Gasteiger partial charge in [0.15, 0.2) is 5.78 Å². The number of fused-ring (bicyclic) bond motifs is 1. The average molecular weight is 347 g/mol. The second kappa shape index (κ2) is 7.45. The van der Waals surface area contributed by atoms with Crippen LogP contribution in [0.1, 0.15) is 64.8 Å². The summed E-state index contributed by atoms with van der Waals surface area (Å²) in [7, 11) is 0. The molecule has 0 aromatic heterocycles. The fourth-order valence-corrected chi connectivity index (χ4v) is 4.56. The van der Waals surface area contributed by atoms with Crippen molar-refractivity contribution in [3.63, 3.8) is 0 Å². The molecule has 1 heterocycles. The zero-order chi connectivity index (χ0) is 17.9. The Morgan fingerprint density at radius 2 is 1.35 bits per heavy atom. The van der Waals surface area contributed by atoms with E-state index < -0.39 is 0 Å². The highest BCUT2D eigenvalue weighted by molar-refractivity contribution is 6.09. The molecule has 1 aliphatic heterocycles. The Morgan fingerprint density at radius 1 is 0.731 bits per heavy atom. The molecule has 1 amide bonds. The number of ketones is 1. The van der Waals surface area contributed by atoms with Gasteiger partial charge >= 0.3 is 0 Å². The van der Waals surface area contributed by atoms with Gasteiger partial charge in [0, 0.05) is 29.3 Å². The van der Waals surface area contributed by atoms with Gasteiger partial charge in [-0.25, -0.2) is 0 Å². The normalized spacial score (nSPS) is 22.5. The lowest BCUT2D eigenvalue weighted by Crippen LogP contribution is -2.49. The Balaban J connectivity index is 1.51. The Kier molecular flexibility index (Phi) is 4.87. The third kappa shape index (κ3) is 3.31. The lowest BCUT2D eigenvalue weighted by Gasteiger charge is -2.44. The number of hydrogen-bond acceptors (Lipinski definition) is 2. The lowest BCUT2D eigenvalue weighted by atomic mass is 9.78. The molecule has 1 saturated heterocycles. The van der Waals surface area contributed by atoms with Crippen LogP contribution in [0.4, 0.5) is 0 Å². The fraction of sp³-hybridized carbons (Fsp3) is 0.391. The standard InChI is InChI=1S/C23H25NO2/c25-22(18-8-2-1-3-9-18)19-12-14-20(15-13-19)23(26)24-16-6-10-17-7-4-5-11-21(17)24/h1-3,8-9,12-15,17,21H,4-7,10-11,16H2. The van der Waals surface area contributed by atoms with Gasteiger partial charge in [-0.05, 0) is 43.7 Å². The van der Waals surface area contributed by atoms with Crippen molar-refractivity contribution in [3.05, 3.63) is 71.3 Å². The number of hydrogen-bond donors (Lipinski definition) is 0. The summed E-state index contributed by atoms with van der Waals surface area (Å²) in [5.41, 5.74) is 2.00. The van der Waals surface area contributed by atoms with E-state index in [1.807, 2.05) is 42.5 Å². The molecule has 2 atom stereocenters. The number of benzene rings is 2. The number of carbonyl (C=O) groups is 2. The summed E-state index contributed by atoms with van der Waals surface area (Å²) in [6, 6.07) is 16.9. The molecule has 0 radical (unpaired) electrons. The van der Waals surface area contributed by atoms with Gasteiger partial charge in [0.05, 0.1) is 0 Å². The van der Waals surface area contributed by atoms with Gasteiger partial charge in [0.1, 0.15) is 0 Å². The van der Waals surface area contributed by atoms with E-state index in [0.29, 0.717) is 28.7 Å². The van der Waals surface area contributed by atoms with Crippen LogP contribution in [0.5, 0.6) is 0 Å². The van der Waals surface area contributed by atoms with Crippen LogP contribution in [0.25, 0.3) is 0 Å². The Labute approximate surface area is 155 Å². The summed E-state index contributed by atoms with van der Waals surface area (Å²) < 4.78 is 0. The number of rotatable bonds is 3. The molecule has 134 valence electrons. The van der Waals surface area contributed by atoms with Crippen molar-refractivity contribution in [3.8, 4) is 0 Å². The Morgan fingerprint density at radius 3 is 2.12 bits per heavy atom. The van der Waals surface area contributed by atoms with Gasteiger partial charge in [-0.1, -0.05) is 55.3 Å². The van der Waals surface area contributed by atoms with Crippen molar-refractivity contribution in [1.29, 1.82) is 0 Å². The first-order chi connectivity index (χ1) is 12.7. The van der Waals surface area contributed by atoms with Gasteiger partial charge in [-0.3, -0.25) is 9.59 Å². The third-order valence-corrected chi connectivity index (χ3v) is 5.93. The minimum atomic E-state index is -0.00471. The van der Waals surface area contributed by atoms with E-state index in [2.05, 4.69) is 4.90 Å². The maximum Gasteiger partial charge on any atom is 0.254 e. The number of piperidine rings is 1. The van der Waals surface area contributed by atoms with Crippen molar-refractivity contribution >= 4 is 11.7 Å². The monoisotopic (exact) mass is 347 g/mol. The quantitative estimate of drug-likeness (QED) is 0.754. The summed E-state index contributed by atoms with van der Waals surface area (Å²) in [4.78, 5) is 27.7. The van der Waals surface area contributed by atoms with Crippen molar-refractivity contribution in [2.75, 3.05) is 6.54 Å². The molecule has 2 fully saturated rings. The van der Waals surface area contributed by atoms with Gasteiger partial charge in [-0.2, -0.15) is 0 Å². The Hall–Kier alpha value is -2.42. The van der Waals surface area contributed by atoms with Crippen LogP contribution >= 0.6 is 0 Å². The molecule has 0 bridgehead atoms. The summed E-state index contributed by atoms with van der Waals surface area (Å²) in [6.45, 7) is 0.866. The zero-order valence-electron chi connectivity index (χ0n) is 15.1. The summed E-state index contributed by atoms with van der Waals surface area (Å²) in [5.74, 6) is 0.801. The SMILES string of the molecule is O=C(c1ccccc1)c1ccc(C(=O)N2CCCC3CCCCC32)cc1. The fourth-order valence-electron chi connectivity index (χ4n) is 4.56. The van der Waals surface area contributed by atoms with Crippen LogP contribution < -0.4 is 0 Å². The van der Waals surface area contributed by atoms with E-state index in [4.69, 9.17) is 0 Å². The van der Waals surface area contributed by atoms with Crippen LogP contribution in [-0.2, 0) is 0 Å². The summed E-state index contributed by atoms with van der Waals surface area (Å²) in [5, 5.41) is 0. The van der Waals surface area contributed by atoms with E-state index in [0.717, 1.165) is 19.4 Å². The number of likely N-dealkylation sites (tertiary alicyclic amines) is 1. The van der Waals surface area contributed by atoms with Crippen molar-refractivity contribution in [2.45, 2.75) is 44.6 Å². The van der Waals surface area contributed by atoms with Gasteiger partial charge < -0.3 is 4.90 Å². The van der Waals surface area contributed by atoms with E-state index in [-0.39, 0.29) is 11.7 Å². The van der Waals surface area contributed by atoms with Gasteiger partial charge in [0.25, 0.3) is 5.91 Å². The number of nitrogens with zero attached hydrogens (tertiary/aromatic N) is 1. The molecule has 2 unspecified atom stereocenters. The molecule has 0 spiro atoms. The number of carbonyl (C=O) groups excluding carboxylic acids is 2. The second-order valence-electron chi connectivity index (χ2n) is 7.53. The maximum absolute atomic E-state index is 13.0. The maximum atomic E-state index is 13.0. The summed E-state index contributed by atoms with van der Waals surface area (Å²) >= 11 is 0. The molecule has 2 aromatic rings. The Bertz CT molecular complexity index is 780. The first-order valence-electron chi connectivity index (χ1n) is 9.75. The predicted molar refractivity (Wildman–Crippen MR) is 102 cm³/mol. The first kappa shape index (κ1) is 17.0. The van der Waals surface area contributed by atoms with Crippen molar-refractivity contribution in [1.82, 2.24) is 4.90 Å². The topological polar surface area (TPSA) is 37.4 Å². The molecule has 3 nitrogen and oxygen atoms in total. The molecular formula is C23H25NO2. The molecule has 0 N–H and O–H groups in total. The van der Waals surface area contributed by atoms with Crippen molar-refractivity contribution < 1.29 is 9.59 Å². The molecule has 1 saturated carbocycles. The van der Waals surface area contributed by atoms with Crippen LogP contribution in [0.15, 0.2) is 54.6 Å². The van der Waals surface area contributed by atoms with Crippen LogP contribution in [0.3, 0.4) is 0 Å². The first-order valence-corrected chi connectivity index (χ1v) is 9.75. The van der Waals surface area contributed by atoms with E-state index >= 15 is 0 Å². The average Bonchev–Trinajstić information content (AvgIpc) is 2.73. The minimum absolute atomic E-state index is 0.00471. The molecule has 3 heteroatoms. The third-order valence-electron chi connectivity index (χ3n) is 5.93. The smallest absolute Gasteiger partial charge is 0.254 e. The van der Waals surface area contributed by atoms with Crippen LogP contribution in [0.2, 0.25) is 0 Å². The molecule has 2 aliphatic rings. The van der Waals surface area contributed by atoms with Gasteiger partial charge in [0.2, 0.25) is 0 Å². The molecular weight excluding hydrogens is 322 g/mol. The van der Waals surface area contributed by atoms with Crippen molar-refractivity contribution in [2.24, 2.45) is 5.92 Å². The molecule has 1 aliphatic carbocycles. The lowest BCUT2D eigenvalue weighted by molar-refractivity contribution is 0.0390. The van der Waals surface area contributed by atoms with E-state index in [1.54, 1.807) is 12.1 Å². The van der Waals surface area contributed by atoms with Crippen LogP contribution in [-0.4, -0.2) is 29.2 Å². The summed E-state index contributed by atoms with van der Waals surface area (Å²) in [6.07, 6.45) is 7.31. The highest BCUT2D eigenvalue weighted by Gasteiger charge is 2.35. The predicted octanol–water partition coefficient (Wildman–Crippen LogP) is 4.71. The van der Waals surface area contributed by atoms with E-state index in [1.165, 1.54) is 25.7 Å². The highest BCUT2D eigenvalue weighted by Crippen LogP contribution is 2.35. The largest absolute Gasteiger partial charge is 0.335 e. The minimum Gasteiger partial charge on any atom is -0.335 e. The molecule has 26 heavy (non-hydrogen) atoms.